The number of aromatic amines is 1. The van der Waals surface area contributed by atoms with Gasteiger partial charge in [0.15, 0.2) is 0 Å². The number of rotatable bonds is 2. The van der Waals surface area contributed by atoms with Crippen molar-refractivity contribution >= 4 is 17.6 Å². The highest BCUT2D eigenvalue weighted by molar-refractivity contribution is 6.03. The van der Waals surface area contributed by atoms with Crippen LogP contribution in [0.2, 0.25) is 0 Å². The Morgan fingerprint density at radius 1 is 1.67 bits per heavy atom. The van der Waals surface area contributed by atoms with Crippen molar-refractivity contribution in [3.63, 3.8) is 0 Å². The Labute approximate surface area is 86.4 Å². The summed E-state index contributed by atoms with van der Waals surface area (Å²) < 4.78 is 0. The molecule has 0 aliphatic carbocycles. The molecule has 0 aromatic carbocycles. The lowest BCUT2D eigenvalue weighted by molar-refractivity contribution is -0.139. The van der Waals surface area contributed by atoms with Crippen LogP contribution in [0.25, 0.3) is 0 Å². The van der Waals surface area contributed by atoms with Gasteiger partial charge in [-0.1, -0.05) is 6.92 Å². The van der Waals surface area contributed by atoms with Crippen LogP contribution < -0.4 is 5.73 Å². The molecular weight excluding hydrogens is 196 g/mol. The smallest absolute Gasteiger partial charge is 0.232 e. The molecule has 1 aromatic rings. The summed E-state index contributed by atoms with van der Waals surface area (Å²) in [5.74, 6) is -0.102. The van der Waals surface area contributed by atoms with E-state index in [1.54, 1.807) is 6.92 Å². The predicted molar refractivity (Wildman–Crippen MR) is 52.3 cm³/mol. The van der Waals surface area contributed by atoms with E-state index in [4.69, 9.17) is 5.73 Å². The standard InChI is InChI=1S/C9H12N4O2/c1-5-2-7(14)13(9(5)15)4-6-3-11-12-8(6)10/h3,5H,2,4H2,1H3,(H3,10,11,12). The van der Waals surface area contributed by atoms with E-state index in [0.717, 1.165) is 0 Å². The van der Waals surface area contributed by atoms with E-state index in [2.05, 4.69) is 10.2 Å². The number of imide groups is 1. The summed E-state index contributed by atoms with van der Waals surface area (Å²) >= 11 is 0. The first-order valence-corrected chi connectivity index (χ1v) is 4.71. The molecule has 1 atom stereocenters. The lowest BCUT2D eigenvalue weighted by Crippen LogP contribution is -2.29. The quantitative estimate of drug-likeness (QED) is 0.663. The zero-order valence-electron chi connectivity index (χ0n) is 8.36. The van der Waals surface area contributed by atoms with E-state index in [-0.39, 0.29) is 30.7 Å². The predicted octanol–water partition coefficient (Wildman–Crippen LogP) is -0.113. The van der Waals surface area contributed by atoms with Crippen LogP contribution in [0.1, 0.15) is 18.9 Å². The van der Waals surface area contributed by atoms with E-state index in [1.807, 2.05) is 0 Å². The number of nitrogens with one attached hydrogen (secondary N) is 1. The molecule has 2 heterocycles. The summed E-state index contributed by atoms with van der Waals surface area (Å²) in [6, 6.07) is 0. The summed E-state index contributed by atoms with van der Waals surface area (Å²) in [5.41, 5.74) is 6.25. The van der Waals surface area contributed by atoms with Gasteiger partial charge in [0.25, 0.3) is 0 Å². The maximum Gasteiger partial charge on any atom is 0.232 e. The van der Waals surface area contributed by atoms with Crippen LogP contribution in [0.3, 0.4) is 0 Å². The molecule has 3 N–H and O–H groups in total. The van der Waals surface area contributed by atoms with Gasteiger partial charge in [0.2, 0.25) is 11.8 Å². The van der Waals surface area contributed by atoms with Gasteiger partial charge in [-0.05, 0) is 0 Å². The van der Waals surface area contributed by atoms with Crippen LogP contribution in [0.15, 0.2) is 6.20 Å². The second kappa shape index (κ2) is 3.38. The van der Waals surface area contributed by atoms with E-state index >= 15 is 0 Å². The van der Waals surface area contributed by atoms with Crippen LogP contribution in [-0.4, -0.2) is 26.9 Å². The molecule has 0 bridgehead atoms. The SMILES string of the molecule is CC1CC(=O)N(Cc2cn[nH]c2N)C1=O. The minimum absolute atomic E-state index is 0.138. The van der Waals surface area contributed by atoms with Gasteiger partial charge in [-0.25, -0.2) is 0 Å². The minimum atomic E-state index is -0.217. The number of anilines is 1. The number of H-pyrrole nitrogens is 1. The molecule has 6 nitrogen and oxygen atoms in total. The van der Waals surface area contributed by atoms with Gasteiger partial charge in [-0.15, -0.1) is 0 Å². The molecule has 2 rings (SSSR count). The first kappa shape index (κ1) is 9.70. The second-order valence-corrected chi connectivity index (χ2v) is 3.73. The van der Waals surface area contributed by atoms with Gasteiger partial charge in [0.1, 0.15) is 5.82 Å². The van der Waals surface area contributed by atoms with E-state index < -0.39 is 0 Å². The van der Waals surface area contributed by atoms with Gasteiger partial charge in [-0.2, -0.15) is 5.10 Å². The minimum Gasteiger partial charge on any atom is -0.384 e. The van der Waals surface area contributed by atoms with Gasteiger partial charge >= 0.3 is 0 Å². The van der Waals surface area contributed by atoms with Crippen molar-refractivity contribution in [2.24, 2.45) is 5.92 Å². The molecule has 1 aliphatic heterocycles. The van der Waals surface area contributed by atoms with Crippen molar-refractivity contribution in [1.29, 1.82) is 0 Å². The van der Waals surface area contributed by atoms with Crippen LogP contribution >= 0.6 is 0 Å². The van der Waals surface area contributed by atoms with Crippen molar-refractivity contribution < 1.29 is 9.59 Å². The fourth-order valence-corrected chi connectivity index (χ4v) is 1.63. The Balaban J connectivity index is 2.16. The van der Waals surface area contributed by atoms with Gasteiger partial charge in [0, 0.05) is 17.9 Å². The molecule has 6 heteroatoms. The number of carbonyl (C=O) groups is 2. The van der Waals surface area contributed by atoms with Gasteiger partial charge in [-0.3, -0.25) is 19.6 Å². The van der Waals surface area contributed by atoms with Crippen LogP contribution in [0.4, 0.5) is 5.82 Å². The average molecular weight is 208 g/mol. The first-order chi connectivity index (χ1) is 7.09. The maximum atomic E-state index is 11.6. The number of nitrogens with zero attached hydrogens (tertiary/aromatic N) is 2. The number of nitrogens with two attached hydrogens (primary N) is 1. The molecular formula is C9H12N4O2. The zero-order chi connectivity index (χ0) is 11.0. The maximum absolute atomic E-state index is 11.6. The van der Waals surface area contributed by atoms with Crippen LogP contribution in [0.5, 0.6) is 0 Å². The number of aromatic nitrogens is 2. The highest BCUT2D eigenvalue weighted by Crippen LogP contribution is 2.22. The number of carbonyl (C=O) groups excluding carboxylic acids is 2. The summed E-state index contributed by atoms with van der Waals surface area (Å²) in [6.07, 6.45) is 1.81. The van der Waals surface area contributed by atoms with Crippen molar-refractivity contribution in [2.45, 2.75) is 19.9 Å². The van der Waals surface area contributed by atoms with Gasteiger partial charge < -0.3 is 5.73 Å². The third-order valence-corrected chi connectivity index (χ3v) is 2.55. The highest BCUT2D eigenvalue weighted by atomic mass is 16.2. The molecule has 1 unspecified atom stereocenters. The summed E-state index contributed by atoms with van der Waals surface area (Å²) in [5, 5.41) is 6.30. The average Bonchev–Trinajstić information content (AvgIpc) is 2.67. The van der Waals surface area contributed by atoms with Crippen molar-refractivity contribution in [3.8, 4) is 0 Å². The molecule has 1 saturated heterocycles. The van der Waals surface area contributed by atoms with Crippen molar-refractivity contribution in [3.05, 3.63) is 11.8 Å². The summed E-state index contributed by atoms with van der Waals surface area (Å²) in [4.78, 5) is 24.3. The number of amides is 2. The Morgan fingerprint density at radius 3 is 2.87 bits per heavy atom. The highest BCUT2D eigenvalue weighted by Gasteiger charge is 2.35. The molecule has 1 aromatic heterocycles. The molecule has 1 fully saturated rings. The lowest BCUT2D eigenvalue weighted by atomic mass is 10.1. The fourth-order valence-electron chi connectivity index (χ4n) is 1.63. The number of likely N-dealkylation sites (tertiary alicyclic amines) is 1. The van der Waals surface area contributed by atoms with Crippen LogP contribution in [0, 0.1) is 5.92 Å². The molecule has 2 amide bonds. The molecule has 0 radical (unpaired) electrons. The summed E-state index contributed by atoms with van der Waals surface area (Å²) in [6.45, 7) is 1.96. The van der Waals surface area contributed by atoms with Gasteiger partial charge in [0.05, 0.1) is 12.7 Å². The molecule has 0 saturated carbocycles. The number of nitrogen functional groups attached to an aromatic ring is 1. The molecule has 1 aliphatic rings. The topological polar surface area (TPSA) is 92.1 Å². The second-order valence-electron chi connectivity index (χ2n) is 3.73. The normalized spacial score (nSPS) is 21.4. The lowest BCUT2D eigenvalue weighted by Gasteiger charge is -2.13. The van der Waals surface area contributed by atoms with Crippen molar-refractivity contribution in [1.82, 2.24) is 15.1 Å². The number of hydrogen-bond donors (Lipinski definition) is 2. The Hall–Kier alpha value is -1.85. The Morgan fingerprint density at radius 2 is 2.40 bits per heavy atom. The Bertz CT molecular complexity index is 412. The molecule has 15 heavy (non-hydrogen) atoms. The fraction of sp³-hybridized carbons (Fsp3) is 0.444. The van der Waals surface area contributed by atoms with Crippen molar-refractivity contribution in [2.75, 3.05) is 5.73 Å². The first-order valence-electron chi connectivity index (χ1n) is 4.71. The van der Waals surface area contributed by atoms with E-state index in [0.29, 0.717) is 11.4 Å². The molecule has 0 spiro atoms. The Kier molecular flexibility index (Phi) is 2.18. The van der Waals surface area contributed by atoms with E-state index in [9.17, 15) is 9.59 Å². The summed E-state index contributed by atoms with van der Waals surface area (Å²) in [7, 11) is 0. The number of hydrogen-bond acceptors (Lipinski definition) is 4. The third-order valence-electron chi connectivity index (χ3n) is 2.55. The third kappa shape index (κ3) is 1.58. The largest absolute Gasteiger partial charge is 0.384 e. The van der Waals surface area contributed by atoms with E-state index in [1.165, 1.54) is 11.1 Å². The monoisotopic (exact) mass is 208 g/mol. The van der Waals surface area contributed by atoms with Crippen LogP contribution in [-0.2, 0) is 16.1 Å². The molecule has 80 valence electrons. The zero-order valence-corrected chi connectivity index (χ0v) is 8.36.